The van der Waals surface area contributed by atoms with Gasteiger partial charge in [-0.25, -0.2) is 0 Å². The van der Waals surface area contributed by atoms with Crippen molar-refractivity contribution in [3.05, 3.63) is 66.1 Å². The molecule has 0 spiro atoms. The SMILES string of the molecule is CCn1c(SC(C(=O)Nc2cc(C)on2)c2ccccc2)nnc1-c1ccco1. The van der Waals surface area contributed by atoms with Gasteiger partial charge in [0.05, 0.1) is 6.26 Å². The molecule has 3 aromatic heterocycles. The number of amides is 1. The van der Waals surface area contributed by atoms with Gasteiger partial charge >= 0.3 is 0 Å². The van der Waals surface area contributed by atoms with Crippen LogP contribution in [0.4, 0.5) is 5.82 Å². The quantitative estimate of drug-likeness (QED) is 0.454. The summed E-state index contributed by atoms with van der Waals surface area (Å²) >= 11 is 1.32. The maximum Gasteiger partial charge on any atom is 0.243 e. The van der Waals surface area contributed by atoms with E-state index >= 15 is 0 Å². The van der Waals surface area contributed by atoms with Crippen molar-refractivity contribution in [2.45, 2.75) is 30.8 Å². The lowest BCUT2D eigenvalue weighted by molar-refractivity contribution is -0.115. The molecule has 0 aliphatic carbocycles. The molecule has 1 aromatic carbocycles. The van der Waals surface area contributed by atoms with Gasteiger partial charge in [-0.2, -0.15) is 0 Å². The Balaban J connectivity index is 1.65. The summed E-state index contributed by atoms with van der Waals surface area (Å²) in [4.78, 5) is 13.1. The van der Waals surface area contributed by atoms with E-state index in [4.69, 9.17) is 8.94 Å². The minimum absolute atomic E-state index is 0.222. The maximum absolute atomic E-state index is 13.1. The van der Waals surface area contributed by atoms with E-state index in [1.54, 1.807) is 25.3 Å². The van der Waals surface area contributed by atoms with Gasteiger partial charge < -0.3 is 14.3 Å². The Hall–Kier alpha value is -3.33. The van der Waals surface area contributed by atoms with E-state index in [9.17, 15) is 4.79 Å². The van der Waals surface area contributed by atoms with Gasteiger partial charge in [0.15, 0.2) is 22.6 Å². The third-order valence-corrected chi connectivity index (χ3v) is 5.45. The highest BCUT2D eigenvalue weighted by Gasteiger charge is 2.27. The van der Waals surface area contributed by atoms with E-state index < -0.39 is 5.25 Å². The fourth-order valence-corrected chi connectivity index (χ4v) is 3.97. The van der Waals surface area contributed by atoms with Gasteiger partial charge in [-0.15, -0.1) is 10.2 Å². The third kappa shape index (κ3) is 4.09. The zero-order valence-corrected chi connectivity index (χ0v) is 16.7. The molecule has 3 heterocycles. The van der Waals surface area contributed by atoms with E-state index in [1.807, 2.05) is 47.9 Å². The first-order valence-corrected chi connectivity index (χ1v) is 9.96. The number of benzene rings is 1. The van der Waals surface area contributed by atoms with Crippen LogP contribution in [0.3, 0.4) is 0 Å². The summed E-state index contributed by atoms with van der Waals surface area (Å²) in [5, 5.41) is 15.3. The lowest BCUT2D eigenvalue weighted by Crippen LogP contribution is -2.19. The van der Waals surface area contributed by atoms with Crippen molar-refractivity contribution in [1.82, 2.24) is 19.9 Å². The number of nitrogens with one attached hydrogen (secondary N) is 1. The molecule has 0 fully saturated rings. The smallest absolute Gasteiger partial charge is 0.243 e. The van der Waals surface area contributed by atoms with Crippen LogP contribution in [0, 0.1) is 6.92 Å². The topological polar surface area (TPSA) is 99.0 Å². The number of rotatable bonds is 7. The van der Waals surface area contributed by atoms with Crippen molar-refractivity contribution >= 4 is 23.5 Å². The summed E-state index contributed by atoms with van der Waals surface area (Å²) in [7, 11) is 0. The molecule has 9 heteroatoms. The second kappa shape index (κ2) is 8.36. The second-order valence-electron chi connectivity index (χ2n) is 6.25. The Bertz CT molecular complexity index is 1090. The molecular formula is C20H19N5O3S. The highest BCUT2D eigenvalue weighted by atomic mass is 32.2. The van der Waals surface area contributed by atoms with Crippen LogP contribution >= 0.6 is 11.8 Å². The summed E-state index contributed by atoms with van der Waals surface area (Å²) < 4.78 is 12.4. The van der Waals surface area contributed by atoms with Crippen molar-refractivity contribution in [2.24, 2.45) is 0 Å². The number of thioether (sulfide) groups is 1. The molecule has 1 atom stereocenters. The first kappa shape index (κ1) is 19.0. The first-order chi connectivity index (χ1) is 14.2. The molecular weight excluding hydrogens is 390 g/mol. The zero-order valence-electron chi connectivity index (χ0n) is 15.9. The highest BCUT2D eigenvalue weighted by Crippen LogP contribution is 2.36. The Labute approximate surface area is 171 Å². The number of furan rings is 1. The van der Waals surface area contributed by atoms with Crippen molar-refractivity contribution in [2.75, 3.05) is 5.32 Å². The van der Waals surface area contributed by atoms with Crippen molar-refractivity contribution in [1.29, 1.82) is 0 Å². The molecule has 0 saturated heterocycles. The van der Waals surface area contributed by atoms with Crippen LogP contribution in [0.2, 0.25) is 0 Å². The highest BCUT2D eigenvalue weighted by molar-refractivity contribution is 8.00. The molecule has 4 rings (SSSR count). The molecule has 4 aromatic rings. The number of aryl methyl sites for hydroxylation is 1. The van der Waals surface area contributed by atoms with E-state index in [2.05, 4.69) is 20.7 Å². The van der Waals surface area contributed by atoms with Crippen LogP contribution in [0.25, 0.3) is 11.6 Å². The van der Waals surface area contributed by atoms with Crippen LogP contribution in [0.1, 0.15) is 23.5 Å². The Morgan fingerprint density at radius 1 is 1.21 bits per heavy atom. The minimum Gasteiger partial charge on any atom is -0.461 e. The van der Waals surface area contributed by atoms with Gasteiger partial charge in [-0.3, -0.25) is 9.36 Å². The van der Waals surface area contributed by atoms with Gasteiger partial charge in [-0.1, -0.05) is 47.3 Å². The number of nitrogens with zero attached hydrogens (tertiary/aromatic N) is 4. The molecule has 8 nitrogen and oxygen atoms in total. The van der Waals surface area contributed by atoms with Crippen LogP contribution in [-0.4, -0.2) is 25.8 Å². The van der Waals surface area contributed by atoms with Crippen LogP contribution in [-0.2, 0) is 11.3 Å². The van der Waals surface area contributed by atoms with E-state index in [0.717, 1.165) is 5.56 Å². The normalized spacial score (nSPS) is 12.1. The molecule has 1 unspecified atom stereocenters. The fraction of sp³-hybridized carbons (Fsp3) is 0.200. The number of hydrogen-bond donors (Lipinski definition) is 1. The summed E-state index contributed by atoms with van der Waals surface area (Å²) in [6.07, 6.45) is 1.59. The average molecular weight is 409 g/mol. The number of anilines is 1. The van der Waals surface area contributed by atoms with Gasteiger partial charge in [0.1, 0.15) is 11.0 Å². The van der Waals surface area contributed by atoms with Crippen molar-refractivity contribution < 1.29 is 13.7 Å². The van der Waals surface area contributed by atoms with Crippen LogP contribution in [0.15, 0.2) is 68.9 Å². The van der Waals surface area contributed by atoms with Gasteiger partial charge in [-0.05, 0) is 31.5 Å². The Morgan fingerprint density at radius 2 is 2.03 bits per heavy atom. The predicted molar refractivity (Wildman–Crippen MR) is 108 cm³/mol. The Kier molecular flexibility index (Phi) is 5.48. The summed E-state index contributed by atoms with van der Waals surface area (Å²) in [5.41, 5.74) is 0.848. The van der Waals surface area contributed by atoms with Crippen molar-refractivity contribution in [3.8, 4) is 11.6 Å². The summed E-state index contributed by atoms with van der Waals surface area (Å²) in [6, 6.07) is 14.8. The number of carbonyl (C=O) groups excluding carboxylic acids is 1. The minimum atomic E-state index is -0.549. The molecule has 0 aliphatic rings. The van der Waals surface area contributed by atoms with Crippen LogP contribution < -0.4 is 5.32 Å². The standard InChI is InChI=1S/C20H19N5O3S/c1-3-25-18(15-10-7-11-27-15)22-23-20(25)29-17(14-8-5-4-6-9-14)19(26)21-16-12-13(2)28-24-16/h4-12,17H,3H2,1-2H3,(H,21,24,26). The van der Waals surface area contributed by atoms with E-state index in [1.165, 1.54) is 11.8 Å². The molecule has 148 valence electrons. The molecule has 0 saturated carbocycles. The number of hydrogen-bond acceptors (Lipinski definition) is 7. The maximum atomic E-state index is 13.1. The summed E-state index contributed by atoms with van der Waals surface area (Å²) in [6.45, 7) is 4.40. The van der Waals surface area contributed by atoms with Gasteiger partial charge in [0, 0.05) is 12.6 Å². The van der Waals surface area contributed by atoms with E-state index in [0.29, 0.717) is 34.9 Å². The zero-order chi connectivity index (χ0) is 20.2. The van der Waals surface area contributed by atoms with Crippen molar-refractivity contribution in [3.63, 3.8) is 0 Å². The predicted octanol–water partition coefficient (Wildman–Crippen LogP) is 4.33. The van der Waals surface area contributed by atoms with Gasteiger partial charge in [0.2, 0.25) is 5.91 Å². The average Bonchev–Trinajstić information content (AvgIpc) is 3.47. The van der Waals surface area contributed by atoms with E-state index in [-0.39, 0.29) is 5.91 Å². The lowest BCUT2D eigenvalue weighted by atomic mass is 10.1. The second-order valence-corrected chi connectivity index (χ2v) is 7.32. The third-order valence-electron chi connectivity index (χ3n) is 4.22. The molecule has 1 N–H and O–H groups in total. The fourth-order valence-electron chi connectivity index (χ4n) is 2.87. The molecule has 1 amide bonds. The number of aromatic nitrogens is 4. The Morgan fingerprint density at radius 3 is 2.69 bits per heavy atom. The summed E-state index contributed by atoms with van der Waals surface area (Å²) in [5.74, 6) is 2.03. The largest absolute Gasteiger partial charge is 0.461 e. The molecule has 0 bridgehead atoms. The monoisotopic (exact) mass is 409 g/mol. The first-order valence-electron chi connectivity index (χ1n) is 9.08. The lowest BCUT2D eigenvalue weighted by Gasteiger charge is -2.16. The van der Waals surface area contributed by atoms with Crippen LogP contribution in [0.5, 0.6) is 0 Å². The number of carbonyl (C=O) groups is 1. The molecule has 0 aliphatic heterocycles. The van der Waals surface area contributed by atoms with Gasteiger partial charge in [0.25, 0.3) is 0 Å². The molecule has 29 heavy (non-hydrogen) atoms. The molecule has 0 radical (unpaired) electrons.